The molecule has 0 spiro atoms. The molecule has 0 radical (unpaired) electrons. The number of benzene rings is 2. The molecule has 0 nitrogen and oxygen atoms in total. The van der Waals surface area contributed by atoms with Crippen LogP contribution in [0, 0.1) is 6.92 Å². The Morgan fingerprint density at radius 2 is 1.39 bits per heavy atom. The Balaban J connectivity index is 2.44. The zero-order valence-electron chi connectivity index (χ0n) is 11.6. The van der Waals surface area contributed by atoms with Crippen molar-refractivity contribution in [1.29, 1.82) is 0 Å². The number of halogens is 7. The Bertz CT molecular complexity index is 833. The van der Waals surface area contributed by atoms with E-state index in [4.69, 9.17) is 0 Å². The van der Waals surface area contributed by atoms with Gasteiger partial charge in [0.15, 0.2) is 5.83 Å². The number of allylic oxidation sites excluding steroid dienone is 2. The van der Waals surface area contributed by atoms with Gasteiger partial charge in [0.05, 0.1) is 5.57 Å². The molecule has 0 amide bonds. The van der Waals surface area contributed by atoms with E-state index in [2.05, 4.69) is 0 Å². The second kappa shape index (κ2) is 4.49. The lowest BCUT2D eigenvalue weighted by Gasteiger charge is -2.25. The van der Waals surface area contributed by atoms with E-state index >= 15 is 0 Å². The Labute approximate surface area is 126 Å². The molecule has 0 fully saturated rings. The second-order valence-electron chi connectivity index (χ2n) is 5.39. The minimum absolute atomic E-state index is 0.00188. The highest BCUT2D eigenvalue weighted by Gasteiger charge is 2.81. The summed E-state index contributed by atoms with van der Waals surface area (Å²) in [5.41, 5.74) is -2.56. The van der Waals surface area contributed by atoms with Gasteiger partial charge in [0.2, 0.25) is 0 Å². The van der Waals surface area contributed by atoms with Crippen molar-refractivity contribution in [1.82, 2.24) is 0 Å². The topological polar surface area (TPSA) is 0 Å². The lowest BCUT2D eigenvalue weighted by atomic mass is 9.91. The van der Waals surface area contributed by atoms with Crippen LogP contribution in [0.15, 0.2) is 42.2 Å². The third-order valence-electron chi connectivity index (χ3n) is 3.99. The van der Waals surface area contributed by atoms with Crippen molar-refractivity contribution in [2.75, 3.05) is 0 Å². The first kappa shape index (κ1) is 15.8. The second-order valence-corrected chi connectivity index (χ2v) is 5.39. The maximum atomic E-state index is 14.0. The summed E-state index contributed by atoms with van der Waals surface area (Å²) in [4.78, 5) is 0. The highest BCUT2D eigenvalue weighted by molar-refractivity contribution is 5.98. The van der Waals surface area contributed by atoms with Crippen LogP contribution >= 0.6 is 0 Å². The molecular weight excluding hydrogens is 325 g/mol. The van der Waals surface area contributed by atoms with Crippen LogP contribution in [0.2, 0.25) is 0 Å². The van der Waals surface area contributed by atoms with E-state index < -0.39 is 34.7 Å². The number of aryl methyl sites for hydroxylation is 1. The summed E-state index contributed by atoms with van der Waals surface area (Å²) in [6, 6.07) is 8.57. The molecule has 122 valence electrons. The number of alkyl halides is 6. The van der Waals surface area contributed by atoms with Crippen molar-refractivity contribution >= 4 is 16.3 Å². The fraction of sp³-hybridized carbons (Fsp3) is 0.250. The average molecular weight is 334 g/mol. The molecule has 7 heteroatoms. The van der Waals surface area contributed by atoms with E-state index in [0.717, 1.165) is 0 Å². The summed E-state index contributed by atoms with van der Waals surface area (Å²) in [6.07, 6.45) is 0. The number of fused-ring (bicyclic) bond motifs is 1. The maximum Gasteiger partial charge on any atom is 0.383 e. The lowest BCUT2D eigenvalue weighted by Crippen LogP contribution is -2.48. The molecule has 1 aliphatic carbocycles. The van der Waals surface area contributed by atoms with Crippen LogP contribution in [-0.4, -0.2) is 17.8 Å². The first-order valence-corrected chi connectivity index (χ1v) is 6.56. The third kappa shape index (κ3) is 1.79. The third-order valence-corrected chi connectivity index (χ3v) is 3.99. The lowest BCUT2D eigenvalue weighted by molar-refractivity contribution is -0.263. The fourth-order valence-corrected chi connectivity index (χ4v) is 2.77. The van der Waals surface area contributed by atoms with E-state index in [-0.39, 0.29) is 10.9 Å². The summed E-state index contributed by atoms with van der Waals surface area (Å²) in [6.45, 7) is 1.27. The first-order valence-electron chi connectivity index (χ1n) is 6.56. The molecule has 0 unspecified atom stereocenters. The van der Waals surface area contributed by atoms with Gasteiger partial charge in [-0.2, -0.15) is 26.3 Å². The van der Waals surface area contributed by atoms with Crippen LogP contribution in [0.3, 0.4) is 0 Å². The van der Waals surface area contributed by atoms with E-state index in [1.807, 2.05) is 0 Å². The Morgan fingerprint density at radius 3 is 1.96 bits per heavy atom. The molecule has 0 saturated carbocycles. The van der Waals surface area contributed by atoms with Crippen molar-refractivity contribution in [3.8, 4) is 0 Å². The zero-order chi connectivity index (χ0) is 17.2. The van der Waals surface area contributed by atoms with Crippen molar-refractivity contribution in [2.45, 2.75) is 24.7 Å². The van der Waals surface area contributed by atoms with Gasteiger partial charge in [-0.15, -0.1) is 0 Å². The van der Waals surface area contributed by atoms with Gasteiger partial charge in [0, 0.05) is 0 Å². The van der Waals surface area contributed by atoms with Gasteiger partial charge in [0.1, 0.15) is 0 Å². The van der Waals surface area contributed by atoms with Crippen LogP contribution in [0.1, 0.15) is 11.1 Å². The molecule has 0 aliphatic heterocycles. The van der Waals surface area contributed by atoms with Crippen LogP contribution < -0.4 is 0 Å². The molecule has 0 aromatic heterocycles. The molecule has 0 heterocycles. The monoisotopic (exact) mass is 334 g/mol. The average Bonchev–Trinajstić information content (AvgIpc) is 2.56. The number of hydrogen-bond acceptors (Lipinski definition) is 0. The Morgan fingerprint density at radius 1 is 0.783 bits per heavy atom. The molecule has 0 bridgehead atoms. The maximum absolute atomic E-state index is 14.0. The molecule has 0 saturated heterocycles. The van der Waals surface area contributed by atoms with Crippen LogP contribution in [-0.2, 0) is 0 Å². The zero-order valence-corrected chi connectivity index (χ0v) is 11.6. The standard InChI is InChI=1S/C16H9F7/c1-8-6-7-9-4-2-3-5-10(9)11(8)12-13(17)15(20,21)16(22,23)14(12,18)19/h2-7H,1H3. The van der Waals surface area contributed by atoms with Crippen molar-refractivity contribution in [2.24, 2.45) is 0 Å². The Hall–Kier alpha value is -2.05. The molecule has 2 aromatic rings. The van der Waals surface area contributed by atoms with E-state index in [0.29, 0.717) is 5.39 Å². The summed E-state index contributed by atoms with van der Waals surface area (Å²) in [5.74, 6) is -19.5. The molecule has 23 heavy (non-hydrogen) atoms. The molecule has 3 rings (SSSR count). The van der Waals surface area contributed by atoms with E-state index in [9.17, 15) is 30.7 Å². The molecule has 2 aromatic carbocycles. The van der Waals surface area contributed by atoms with Gasteiger partial charge in [0.25, 0.3) is 0 Å². The highest BCUT2D eigenvalue weighted by Crippen LogP contribution is 2.63. The predicted molar refractivity (Wildman–Crippen MR) is 71.6 cm³/mol. The van der Waals surface area contributed by atoms with Gasteiger partial charge >= 0.3 is 17.8 Å². The van der Waals surface area contributed by atoms with Gasteiger partial charge in [-0.25, -0.2) is 4.39 Å². The van der Waals surface area contributed by atoms with Crippen LogP contribution in [0.4, 0.5) is 30.7 Å². The van der Waals surface area contributed by atoms with Gasteiger partial charge < -0.3 is 0 Å². The largest absolute Gasteiger partial charge is 0.383 e. The Kier molecular flexibility index (Phi) is 3.09. The predicted octanol–water partition coefficient (Wildman–Crippen LogP) is 5.75. The number of rotatable bonds is 1. The quantitative estimate of drug-likeness (QED) is 0.583. The minimum Gasteiger partial charge on any atom is -0.204 e. The van der Waals surface area contributed by atoms with Crippen LogP contribution in [0.5, 0.6) is 0 Å². The van der Waals surface area contributed by atoms with Gasteiger partial charge in [-0.1, -0.05) is 36.4 Å². The molecule has 0 N–H and O–H groups in total. The first-order chi connectivity index (χ1) is 10.5. The number of hydrogen-bond donors (Lipinski definition) is 0. The molecule has 1 aliphatic rings. The summed E-state index contributed by atoms with van der Waals surface area (Å²) in [5, 5.41) is 0.355. The summed E-state index contributed by atoms with van der Waals surface area (Å²) >= 11 is 0. The minimum atomic E-state index is -5.83. The summed E-state index contributed by atoms with van der Waals surface area (Å²) < 4.78 is 95.6. The molecular formula is C16H9F7. The normalized spacial score (nSPS) is 21.9. The SMILES string of the molecule is Cc1ccc2ccccc2c1C1=C(F)C(F)(F)C(F)(F)C1(F)F. The van der Waals surface area contributed by atoms with Crippen molar-refractivity contribution in [3.05, 3.63) is 53.4 Å². The van der Waals surface area contributed by atoms with E-state index in [1.165, 1.54) is 37.3 Å². The van der Waals surface area contributed by atoms with E-state index in [1.54, 1.807) is 6.07 Å². The van der Waals surface area contributed by atoms with Gasteiger partial charge in [-0.3, -0.25) is 0 Å². The van der Waals surface area contributed by atoms with Crippen LogP contribution in [0.25, 0.3) is 16.3 Å². The fourth-order valence-electron chi connectivity index (χ4n) is 2.77. The molecule has 0 atom stereocenters. The summed E-state index contributed by atoms with van der Waals surface area (Å²) in [7, 11) is 0. The van der Waals surface area contributed by atoms with Crippen molar-refractivity contribution in [3.63, 3.8) is 0 Å². The van der Waals surface area contributed by atoms with Crippen molar-refractivity contribution < 1.29 is 30.7 Å². The smallest absolute Gasteiger partial charge is 0.204 e. The highest BCUT2D eigenvalue weighted by atomic mass is 19.3. The van der Waals surface area contributed by atoms with Gasteiger partial charge in [-0.05, 0) is 28.8 Å².